The van der Waals surface area contributed by atoms with Crippen LogP contribution in [0.3, 0.4) is 0 Å². The predicted octanol–water partition coefficient (Wildman–Crippen LogP) is 3.43. The van der Waals surface area contributed by atoms with Gasteiger partial charge in [-0.1, -0.05) is 42.5 Å². The quantitative estimate of drug-likeness (QED) is 0.689. The molecule has 0 radical (unpaired) electrons. The highest BCUT2D eigenvalue weighted by molar-refractivity contribution is 5.89. The Kier molecular flexibility index (Phi) is 6.65. The lowest BCUT2D eigenvalue weighted by molar-refractivity contribution is -0.116. The summed E-state index contributed by atoms with van der Waals surface area (Å²) in [5.74, 6) is 1.71. The molecule has 1 amide bonds. The van der Waals surface area contributed by atoms with Gasteiger partial charge < -0.3 is 5.32 Å². The van der Waals surface area contributed by atoms with Crippen LogP contribution in [0.4, 0.5) is 5.95 Å². The van der Waals surface area contributed by atoms with Gasteiger partial charge in [-0.05, 0) is 48.7 Å². The summed E-state index contributed by atoms with van der Waals surface area (Å²) in [6, 6.07) is 14.6. The molecule has 0 saturated carbocycles. The Hall–Kier alpha value is -2.44. The van der Waals surface area contributed by atoms with E-state index >= 15 is 0 Å². The van der Waals surface area contributed by atoms with E-state index in [1.807, 2.05) is 19.2 Å². The molecule has 1 aliphatic rings. The van der Waals surface area contributed by atoms with E-state index in [4.69, 9.17) is 0 Å². The smallest absolute Gasteiger partial charge is 0.227 e. The van der Waals surface area contributed by atoms with Crippen molar-refractivity contribution in [3.63, 3.8) is 0 Å². The fourth-order valence-corrected chi connectivity index (χ4v) is 3.61. The summed E-state index contributed by atoms with van der Waals surface area (Å²) in [6.45, 7) is 1.99. The summed E-state index contributed by atoms with van der Waals surface area (Å²) >= 11 is 0. The Morgan fingerprint density at radius 3 is 2.71 bits per heavy atom. The molecule has 2 heterocycles. The lowest BCUT2D eigenvalue weighted by atomic mass is 9.98. The van der Waals surface area contributed by atoms with Gasteiger partial charge in [-0.25, -0.2) is 4.68 Å². The van der Waals surface area contributed by atoms with Crippen LogP contribution in [0.2, 0.25) is 0 Å². The highest BCUT2D eigenvalue weighted by atomic mass is 35.5. The highest BCUT2D eigenvalue weighted by Crippen LogP contribution is 2.23. The number of halogens is 1. The first kappa shape index (κ1) is 20.3. The second-order valence-corrected chi connectivity index (χ2v) is 7.17. The summed E-state index contributed by atoms with van der Waals surface area (Å²) in [4.78, 5) is 16.9. The van der Waals surface area contributed by atoms with Gasteiger partial charge in [0.05, 0.1) is 0 Å². The van der Waals surface area contributed by atoms with E-state index in [0.717, 1.165) is 37.3 Å². The largest absolute Gasteiger partial charge is 0.317 e. The summed E-state index contributed by atoms with van der Waals surface area (Å²) < 4.78 is 1.67. The molecule has 7 heteroatoms. The van der Waals surface area contributed by atoms with Crippen LogP contribution in [0.25, 0.3) is 10.8 Å². The van der Waals surface area contributed by atoms with Gasteiger partial charge in [0.1, 0.15) is 0 Å². The van der Waals surface area contributed by atoms with Crippen LogP contribution in [-0.2, 0) is 18.3 Å². The molecule has 0 unspecified atom stereocenters. The number of piperidine rings is 1. The van der Waals surface area contributed by atoms with E-state index < -0.39 is 0 Å². The summed E-state index contributed by atoms with van der Waals surface area (Å²) in [5, 5.41) is 13.2. The molecule has 1 aliphatic heterocycles. The Bertz CT molecular complexity index is 949. The van der Waals surface area contributed by atoms with Crippen LogP contribution in [0, 0.1) is 0 Å². The van der Waals surface area contributed by atoms with E-state index in [1.165, 1.54) is 10.8 Å². The number of nitrogens with one attached hydrogen (secondary N) is 2. The number of rotatable bonds is 5. The minimum absolute atomic E-state index is 0. The van der Waals surface area contributed by atoms with E-state index in [2.05, 4.69) is 51.0 Å². The van der Waals surface area contributed by atoms with Crippen LogP contribution >= 0.6 is 12.4 Å². The number of carbonyl (C=O) groups is 1. The molecule has 6 nitrogen and oxygen atoms in total. The maximum Gasteiger partial charge on any atom is 0.227 e. The highest BCUT2D eigenvalue weighted by Gasteiger charge is 2.21. The standard InChI is InChI=1S/C21H25N5O.ClH/c1-26-21(24-20(25-26)17-10-12-22-13-11-17)23-19(27)9-7-15-6-8-16-4-2-3-5-18(16)14-15;/h2-6,8,14,17,22H,7,9-13H2,1H3,(H,23,24,25,27);1H. The molecule has 0 aliphatic carbocycles. The van der Waals surface area contributed by atoms with Gasteiger partial charge >= 0.3 is 0 Å². The summed E-state index contributed by atoms with van der Waals surface area (Å²) in [5.41, 5.74) is 1.16. The number of aryl methyl sites for hydroxylation is 2. The molecule has 0 atom stereocenters. The van der Waals surface area contributed by atoms with E-state index in [-0.39, 0.29) is 18.3 Å². The molecule has 3 aromatic rings. The van der Waals surface area contributed by atoms with Gasteiger partial charge in [-0.2, -0.15) is 10.1 Å². The molecule has 28 heavy (non-hydrogen) atoms. The minimum Gasteiger partial charge on any atom is -0.317 e. The van der Waals surface area contributed by atoms with Crippen LogP contribution in [0.15, 0.2) is 42.5 Å². The molecule has 2 aromatic carbocycles. The SMILES string of the molecule is Cl.Cn1nc(C2CCNCC2)nc1NC(=O)CCc1ccc2ccccc2c1. The first-order valence-electron chi connectivity index (χ1n) is 9.58. The van der Waals surface area contributed by atoms with Crippen molar-refractivity contribution in [1.29, 1.82) is 0 Å². The van der Waals surface area contributed by atoms with Crippen LogP contribution in [-0.4, -0.2) is 33.8 Å². The van der Waals surface area contributed by atoms with Crippen LogP contribution in [0.5, 0.6) is 0 Å². The maximum absolute atomic E-state index is 12.4. The fourth-order valence-electron chi connectivity index (χ4n) is 3.61. The molecular formula is C21H26ClN5O. The van der Waals surface area contributed by atoms with Gasteiger partial charge in [0.2, 0.25) is 11.9 Å². The second kappa shape index (κ2) is 9.17. The Labute approximate surface area is 171 Å². The van der Waals surface area contributed by atoms with Crippen molar-refractivity contribution >= 4 is 35.0 Å². The molecular weight excluding hydrogens is 374 g/mol. The number of carbonyl (C=O) groups excluding carboxylic acids is 1. The number of nitrogens with zero attached hydrogens (tertiary/aromatic N) is 3. The Morgan fingerprint density at radius 2 is 1.93 bits per heavy atom. The second-order valence-electron chi connectivity index (χ2n) is 7.17. The number of benzene rings is 2. The first-order valence-corrected chi connectivity index (χ1v) is 9.58. The van der Waals surface area contributed by atoms with E-state index in [0.29, 0.717) is 24.7 Å². The summed E-state index contributed by atoms with van der Waals surface area (Å²) in [7, 11) is 1.83. The van der Waals surface area contributed by atoms with Crippen molar-refractivity contribution in [2.45, 2.75) is 31.6 Å². The van der Waals surface area contributed by atoms with E-state index in [1.54, 1.807) is 4.68 Å². The van der Waals surface area contributed by atoms with Gasteiger partial charge in [0, 0.05) is 19.4 Å². The number of amides is 1. The summed E-state index contributed by atoms with van der Waals surface area (Å²) in [6.07, 6.45) is 3.21. The predicted molar refractivity (Wildman–Crippen MR) is 114 cm³/mol. The first-order chi connectivity index (χ1) is 13.2. The average molecular weight is 400 g/mol. The zero-order chi connectivity index (χ0) is 18.6. The third-order valence-corrected chi connectivity index (χ3v) is 5.19. The maximum atomic E-state index is 12.4. The third kappa shape index (κ3) is 4.69. The zero-order valence-electron chi connectivity index (χ0n) is 16.0. The van der Waals surface area contributed by atoms with Crippen LogP contribution < -0.4 is 10.6 Å². The van der Waals surface area contributed by atoms with Crippen LogP contribution in [0.1, 0.15) is 36.6 Å². The number of hydrogen-bond acceptors (Lipinski definition) is 4. The molecule has 0 bridgehead atoms. The molecule has 0 spiro atoms. The molecule has 4 rings (SSSR count). The molecule has 1 fully saturated rings. The van der Waals surface area contributed by atoms with Crippen molar-refractivity contribution in [2.75, 3.05) is 18.4 Å². The Balaban J connectivity index is 0.00000225. The lowest BCUT2D eigenvalue weighted by Gasteiger charge is -2.19. The molecule has 2 N–H and O–H groups in total. The Morgan fingerprint density at radius 1 is 1.18 bits per heavy atom. The van der Waals surface area contributed by atoms with Gasteiger partial charge in [0.25, 0.3) is 0 Å². The lowest BCUT2D eigenvalue weighted by Crippen LogP contribution is -2.27. The van der Waals surface area contributed by atoms with Gasteiger partial charge in [-0.15, -0.1) is 12.4 Å². The van der Waals surface area contributed by atoms with Crippen molar-refractivity contribution in [3.8, 4) is 0 Å². The fraction of sp³-hybridized carbons (Fsp3) is 0.381. The average Bonchev–Trinajstić information content (AvgIpc) is 3.07. The topological polar surface area (TPSA) is 71.8 Å². The number of aromatic nitrogens is 3. The molecule has 1 aromatic heterocycles. The van der Waals surface area contributed by atoms with Gasteiger partial charge in [0.15, 0.2) is 5.82 Å². The number of anilines is 1. The monoisotopic (exact) mass is 399 g/mol. The zero-order valence-corrected chi connectivity index (χ0v) is 16.8. The van der Waals surface area contributed by atoms with Crippen molar-refractivity contribution < 1.29 is 4.79 Å². The van der Waals surface area contributed by atoms with Crippen molar-refractivity contribution in [1.82, 2.24) is 20.1 Å². The number of hydrogen-bond donors (Lipinski definition) is 2. The third-order valence-electron chi connectivity index (χ3n) is 5.19. The molecule has 148 valence electrons. The minimum atomic E-state index is -0.0319. The number of fused-ring (bicyclic) bond motifs is 1. The van der Waals surface area contributed by atoms with Crippen molar-refractivity contribution in [3.05, 3.63) is 53.9 Å². The normalized spacial score (nSPS) is 14.6. The van der Waals surface area contributed by atoms with Crippen molar-refractivity contribution in [2.24, 2.45) is 7.05 Å². The molecule has 1 saturated heterocycles. The van der Waals surface area contributed by atoms with Gasteiger partial charge in [-0.3, -0.25) is 10.1 Å². The van der Waals surface area contributed by atoms with E-state index in [9.17, 15) is 4.79 Å².